The second-order valence-corrected chi connectivity index (χ2v) is 6.56. The number of aliphatic imine (C=N–C) groups is 1. The number of thioether (sulfide) groups is 1. The molecule has 1 aliphatic carbocycles. The van der Waals surface area contributed by atoms with Gasteiger partial charge in [-0.15, -0.1) is 0 Å². The van der Waals surface area contributed by atoms with Gasteiger partial charge in [-0.3, -0.25) is 4.99 Å². The summed E-state index contributed by atoms with van der Waals surface area (Å²) in [6, 6.07) is 5.26. The highest BCUT2D eigenvalue weighted by molar-refractivity contribution is 8.14. The molecule has 2 aliphatic rings. The number of aryl methyl sites for hydroxylation is 1. The smallest absolute Gasteiger partial charge is 0.161 e. The number of hydrogen-bond donors (Lipinski definition) is 1. The Morgan fingerprint density at radius 3 is 2.79 bits per heavy atom. The molecule has 19 heavy (non-hydrogen) atoms. The molecule has 0 unspecified atom stereocenters. The minimum Gasteiger partial charge on any atom is -0.333 e. The van der Waals surface area contributed by atoms with Crippen LogP contribution < -0.4 is 5.32 Å². The third-order valence-electron chi connectivity index (χ3n) is 3.97. The van der Waals surface area contributed by atoms with Crippen LogP contribution in [0.3, 0.4) is 0 Å². The summed E-state index contributed by atoms with van der Waals surface area (Å²) in [5, 5.41) is 4.03. The zero-order valence-electron chi connectivity index (χ0n) is 11.2. The number of amidine groups is 1. The summed E-state index contributed by atoms with van der Waals surface area (Å²) in [6.07, 6.45) is 6.24. The lowest BCUT2D eigenvalue weighted by atomic mass is 9.84. The molecule has 0 saturated heterocycles. The lowest BCUT2D eigenvalue weighted by molar-refractivity contribution is 0.335. The topological polar surface area (TPSA) is 24.4 Å². The molecule has 4 heteroatoms. The molecule has 0 radical (unpaired) electrons. The molecule has 1 N–H and O–H groups in total. The molecule has 0 atom stereocenters. The number of benzene rings is 1. The maximum Gasteiger partial charge on any atom is 0.161 e. The van der Waals surface area contributed by atoms with E-state index in [2.05, 4.69) is 5.32 Å². The minimum atomic E-state index is -0.201. The van der Waals surface area contributed by atoms with E-state index in [9.17, 15) is 4.39 Å². The molecular formula is C15H19FN2S. The van der Waals surface area contributed by atoms with Crippen molar-refractivity contribution in [3.63, 3.8) is 0 Å². The predicted molar refractivity (Wildman–Crippen MR) is 80.5 cm³/mol. The van der Waals surface area contributed by atoms with Gasteiger partial charge in [0.15, 0.2) is 5.17 Å². The van der Waals surface area contributed by atoms with Crippen LogP contribution in [0.25, 0.3) is 0 Å². The fourth-order valence-corrected chi connectivity index (χ4v) is 4.05. The van der Waals surface area contributed by atoms with Gasteiger partial charge in [-0.25, -0.2) is 4.39 Å². The fourth-order valence-electron chi connectivity index (χ4n) is 2.85. The third-order valence-corrected chi connectivity index (χ3v) is 5.12. The summed E-state index contributed by atoms with van der Waals surface area (Å²) in [4.78, 5) is 4.84. The van der Waals surface area contributed by atoms with E-state index < -0.39 is 0 Å². The standard InChI is InChI=1S/C15H19FN2S/c1-11-5-6-13(12(16)9-11)17-14-18-15(10-19-14)7-3-2-4-8-15/h5-6,9H,2-4,7-8,10H2,1H3,(H,17,18). The number of rotatable bonds is 1. The number of anilines is 1. The van der Waals surface area contributed by atoms with E-state index in [0.717, 1.165) is 16.5 Å². The van der Waals surface area contributed by atoms with E-state index in [4.69, 9.17) is 4.99 Å². The zero-order chi connectivity index (χ0) is 13.3. The first-order valence-electron chi connectivity index (χ1n) is 6.93. The number of halogens is 1. The third kappa shape index (κ3) is 2.78. The van der Waals surface area contributed by atoms with Gasteiger partial charge in [0.2, 0.25) is 0 Å². The molecular weight excluding hydrogens is 259 g/mol. The van der Waals surface area contributed by atoms with Crippen LogP contribution in [0.5, 0.6) is 0 Å². The molecule has 1 spiro atoms. The highest BCUT2D eigenvalue weighted by atomic mass is 32.2. The molecule has 102 valence electrons. The lowest BCUT2D eigenvalue weighted by Crippen LogP contribution is -2.29. The molecule has 1 aromatic carbocycles. The van der Waals surface area contributed by atoms with E-state index in [-0.39, 0.29) is 11.4 Å². The lowest BCUT2D eigenvalue weighted by Gasteiger charge is -2.29. The molecule has 0 aromatic heterocycles. The summed E-state index contributed by atoms with van der Waals surface area (Å²) >= 11 is 1.73. The van der Waals surface area contributed by atoms with Crippen molar-refractivity contribution >= 4 is 22.6 Å². The Bertz CT molecular complexity index is 507. The summed E-state index contributed by atoms with van der Waals surface area (Å²) in [5.41, 5.74) is 1.60. The summed E-state index contributed by atoms with van der Waals surface area (Å²) in [5.74, 6) is 0.843. The highest BCUT2D eigenvalue weighted by Gasteiger charge is 2.36. The maximum absolute atomic E-state index is 13.8. The Kier molecular flexibility index (Phi) is 3.52. The SMILES string of the molecule is Cc1ccc(NC2=NC3(CCCCC3)CS2)c(F)c1. The van der Waals surface area contributed by atoms with Crippen molar-refractivity contribution in [3.8, 4) is 0 Å². The molecule has 1 heterocycles. The molecule has 1 aromatic rings. The maximum atomic E-state index is 13.8. The van der Waals surface area contributed by atoms with Crippen LogP contribution >= 0.6 is 11.8 Å². The Morgan fingerprint density at radius 2 is 2.05 bits per heavy atom. The van der Waals surface area contributed by atoms with Gasteiger partial charge in [-0.2, -0.15) is 0 Å². The van der Waals surface area contributed by atoms with Gasteiger partial charge in [0, 0.05) is 5.75 Å². The van der Waals surface area contributed by atoms with Gasteiger partial charge >= 0.3 is 0 Å². The van der Waals surface area contributed by atoms with Gasteiger partial charge < -0.3 is 5.32 Å². The normalized spacial score (nSPS) is 21.5. The highest BCUT2D eigenvalue weighted by Crippen LogP contribution is 2.40. The van der Waals surface area contributed by atoms with Crippen LogP contribution in [-0.4, -0.2) is 16.5 Å². The van der Waals surface area contributed by atoms with Crippen LogP contribution in [0, 0.1) is 12.7 Å². The van der Waals surface area contributed by atoms with Crippen LogP contribution in [-0.2, 0) is 0 Å². The quantitative estimate of drug-likeness (QED) is 0.825. The van der Waals surface area contributed by atoms with Crippen molar-refractivity contribution in [1.82, 2.24) is 0 Å². The molecule has 0 bridgehead atoms. The average molecular weight is 278 g/mol. The zero-order valence-corrected chi connectivity index (χ0v) is 12.0. The average Bonchev–Trinajstić information content (AvgIpc) is 2.77. The Hall–Kier alpha value is -1.03. The number of hydrogen-bond acceptors (Lipinski definition) is 3. The van der Waals surface area contributed by atoms with Gasteiger partial charge in [0.05, 0.1) is 11.2 Å². The summed E-state index contributed by atoms with van der Waals surface area (Å²) in [7, 11) is 0. The fraction of sp³-hybridized carbons (Fsp3) is 0.533. The van der Waals surface area contributed by atoms with E-state index >= 15 is 0 Å². The first-order chi connectivity index (χ1) is 9.17. The second kappa shape index (κ2) is 5.16. The minimum absolute atomic E-state index is 0.131. The second-order valence-electron chi connectivity index (χ2n) is 5.60. The van der Waals surface area contributed by atoms with Crippen molar-refractivity contribution in [1.29, 1.82) is 0 Å². The molecule has 1 saturated carbocycles. The van der Waals surface area contributed by atoms with Crippen molar-refractivity contribution in [2.45, 2.75) is 44.6 Å². The van der Waals surface area contributed by atoms with Gasteiger partial charge in [-0.1, -0.05) is 37.1 Å². The number of nitrogens with one attached hydrogen (secondary N) is 1. The summed E-state index contributed by atoms with van der Waals surface area (Å²) < 4.78 is 13.8. The van der Waals surface area contributed by atoms with E-state index in [1.807, 2.05) is 13.0 Å². The van der Waals surface area contributed by atoms with E-state index in [0.29, 0.717) is 5.69 Å². The Balaban J connectivity index is 1.75. The van der Waals surface area contributed by atoms with E-state index in [1.54, 1.807) is 23.9 Å². The van der Waals surface area contributed by atoms with Gasteiger partial charge in [0.25, 0.3) is 0 Å². The van der Waals surface area contributed by atoms with E-state index in [1.165, 1.54) is 32.1 Å². The van der Waals surface area contributed by atoms with Crippen LogP contribution in [0.1, 0.15) is 37.7 Å². The first kappa shape index (κ1) is 13.0. The molecule has 3 rings (SSSR count). The van der Waals surface area contributed by atoms with Gasteiger partial charge in [-0.05, 0) is 37.5 Å². The molecule has 1 fully saturated rings. The van der Waals surface area contributed by atoms with Crippen LogP contribution in [0.4, 0.5) is 10.1 Å². The molecule has 0 amide bonds. The van der Waals surface area contributed by atoms with Crippen molar-refractivity contribution in [2.24, 2.45) is 4.99 Å². The summed E-state index contributed by atoms with van der Waals surface area (Å²) in [6.45, 7) is 1.89. The Morgan fingerprint density at radius 1 is 1.26 bits per heavy atom. The molecule has 1 aliphatic heterocycles. The number of nitrogens with zero attached hydrogens (tertiary/aromatic N) is 1. The van der Waals surface area contributed by atoms with Crippen molar-refractivity contribution in [2.75, 3.05) is 11.1 Å². The van der Waals surface area contributed by atoms with Gasteiger partial charge in [0.1, 0.15) is 5.82 Å². The molecule has 2 nitrogen and oxygen atoms in total. The van der Waals surface area contributed by atoms with Crippen LogP contribution in [0.2, 0.25) is 0 Å². The monoisotopic (exact) mass is 278 g/mol. The first-order valence-corrected chi connectivity index (χ1v) is 7.91. The largest absolute Gasteiger partial charge is 0.333 e. The Labute approximate surface area is 117 Å². The van der Waals surface area contributed by atoms with Crippen LogP contribution in [0.15, 0.2) is 23.2 Å². The van der Waals surface area contributed by atoms with Crippen molar-refractivity contribution < 1.29 is 4.39 Å². The predicted octanol–water partition coefficient (Wildman–Crippen LogP) is 4.35. The van der Waals surface area contributed by atoms with Crippen molar-refractivity contribution in [3.05, 3.63) is 29.6 Å².